The molecular formula is C20H12O10. The van der Waals surface area contributed by atoms with Gasteiger partial charge in [0.1, 0.15) is 0 Å². The first-order valence-corrected chi connectivity index (χ1v) is 7.96. The highest BCUT2D eigenvalue weighted by Gasteiger charge is 2.31. The molecule has 10 nitrogen and oxygen atoms in total. The zero-order valence-corrected chi connectivity index (χ0v) is 15.0. The average Bonchev–Trinajstić information content (AvgIpc) is 3.18. The maximum Gasteiger partial charge on any atom is 0.346 e. The molecule has 152 valence electrons. The molecule has 0 fully saturated rings. The number of hydrogen-bond donors (Lipinski definition) is 2. The molecule has 0 atom stereocenters. The number of cyclic esters (lactones) is 4. The van der Waals surface area contributed by atoms with Crippen LogP contribution in [0.2, 0.25) is 0 Å². The second kappa shape index (κ2) is 8.61. The van der Waals surface area contributed by atoms with E-state index in [1.807, 2.05) is 0 Å². The number of rotatable bonds is 2. The number of carboxylic acids is 2. The largest absolute Gasteiger partial charge is 0.478 e. The fourth-order valence-electron chi connectivity index (χ4n) is 2.44. The van der Waals surface area contributed by atoms with Crippen molar-refractivity contribution in [3.8, 4) is 0 Å². The number of ether oxygens (including phenoxy) is 2. The molecule has 0 aliphatic carbocycles. The highest BCUT2D eigenvalue weighted by molar-refractivity contribution is 6.16. The Morgan fingerprint density at radius 2 is 0.900 bits per heavy atom. The van der Waals surface area contributed by atoms with Crippen LogP contribution in [0.15, 0.2) is 49.6 Å². The third-order valence-corrected chi connectivity index (χ3v) is 3.78. The molecule has 4 rings (SSSR count). The van der Waals surface area contributed by atoms with E-state index in [0.717, 1.165) is 12.1 Å². The summed E-state index contributed by atoms with van der Waals surface area (Å²) in [5.41, 5.74) is 0.149. The first kappa shape index (κ1) is 21.7. The molecule has 0 saturated carbocycles. The van der Waals surface area contributed by atoms with Crippen molar-refractivity contribution in [2.45, 2.75) is 0 Å². The van der Waals surface area contributed by atoms with E-state index in [2.05, 4.69) is 22.6 Å². The summed E-state index contributed by atoms with van der Waals surface area (Å²) in [7, 11) is 0. The summed E-state index contributed by atoms with van der Waals surface area (Å²) in [6.07, 6.45) is 0. The summed E-state index contributed by atoms with van der Waals surface area (Å²) in [5.74, 6) is -5.37. The summed E-state index contributed by atoms with van der Waals surface area (Å²) >= 11 is 0. The number of benzene rings is 2. The second-order valence-corrected chi connectivity index (χ2v) is 5.48. The Morgan fingerprint density at radius 1 is 0.600 bits per heavy atom. The van der Waals surface area contributed by atoms with E-state index in [4.69, 9.17) is 10.2 Å². The smallest absolute Gasteiger partial charge is 0.346 e. The van der Waals surface area contributed by atoms with Crippen molar-refractivity contribution < 1.29 is 48.5 Å². The lowest BCUT2D eigenvalue weighted by Crippen LogP contribution is -2.00. The Kier molecular flexibility index (Phi) is 6.22. The van der Waals surface area contributed by atoms with Crippen LogP contribution in [-0.4, -0.2) is 46.0 Å². The first-order valence-electron chi connectivity index (χ1n) is 7.96. The van der Waals surface area contributed by atoms with Crippen molar-refractivity contribution in [2.75, 3.05) is 0 Å². The van der Waals surface area contributed by atoms with Crippen LogP contribution in [0.1, 0.15) is 62.1 Å². The normalized spacial score (nSPS) is 12.9. The van der Waals surface area contributed by atoms with Crippen molar-refractivity contribution in [3.05, 3.63) is 82.9 Å². The number of carbonyl (C=O) groups is 6. The van der Waals surface area contributed by atoms with E-state index in [9.17, 15) is 28.8 Å². The third kappa shape index (κ3) is 4.12. The van der Waals surface area contributed by atoms with Crippen LogP contribution >= 0.6 is 0 Å². The molecule has 30 heavy (non-hydrogen) atoms. The number of hydrogen-bond acceptors (Lipinski definition) is 8. The van der Waals surface area contributed by atoms with Gasteiger partial charge in [0.25, 0.3) is 0 Å². The van der Waals surface area contributed by atoms with Crippen molar-refractivity contribution in [1.82, 2.24) is 0 Å². The molecule has 0 aromatic heterocycles. The van der Waals surface area contributed by atoms with Crippen molar-refractivity contribution >= 4 is 35.8 Å². The SMILES string of the molecule is C=C.O=C(O)c1ccc2c(c1)C(=O)OC2=O.O=C(O)c1ccc2c(c1)C(=O)OC2=O. The third-order valence-electron chi connectivity index (χ3n) is 3.78. The Bertz CT molecular complexity index is 1030. The number of fused-ring (bicyclic) bond motifs is 2. The monoisotopic (exact) mass is 412 g/mol. The standard InChI is InChI=1S/2C9H4O5.C2H4/c2*10-7(11)4-1-2-5-6(3-4)9(13)14-8(5)12;1-2/h2*1-3H,(H,10,11);1-2H2. The number of carboxylic acid groups (broad SMARTS) is 2. The van der Waals surface area contributed by atoms with E-state index in [0.29, 0.717) is 0 Å². The van der Waals surface area contributed by atoms with Crippen LogP contribution in [0.25, 0.3) is 0 Å². The summed E-state index contributed by atoms with van der Waals surface area (Å²) in [6, 6.07) is 7.30. The lowest BCUT2D eigenvalue weighted by atomic mass is 10.1. The molecule has 2 N–H and O–H groups in total. The van der Waals surface area contributed by atoms with Gasteiger partial charge in [-0.1, -0.05) is 0 Å². The van der Waals surface area contributed by atoms with E-state index < -0.39 is 35.8 Å². The molecular weight excluding hydrogens is 400 g/mol. The van der Waals surface area contributed by atoms with Gasteiger partial charge in [-0.25, -0.2) is 28.8 Å². The van der Waals surface area contributed by atoms with Gasteiger partial charge in [-0.2, -0.15) is 0 Å². The van der Waals surface area contributed by atoms with Gasteiger partial charge >= 0.3 is 35.8 Å². The summed E-state index contributed by atoms with van der Waals surface area (Å²) in [5, 5.41) is 17.3. The first-order chi connectivity index (χ1) is 14.2. The number of esters is 4. The summed E-state index contributed by atoms with van der Waals surface area (Å²) < 4.78 is 8.59. The fraction of sp³-hybridized carbons (Fsp3) is 0. The summed E-state index contributed by atoms with van der Waals surface area (Å²) in [4.78, 5) is 65.1. The quantitative estimate of drug-likeness (QED) is 0.425. The zero-order valence-electron chi connectivity index (χ0n) is 15.0. The molecule has 2 aromatic carbocycles. The van der Waals surface area contributed by atoms with E-state index in [-0.39, 0.29) is 33.4 Å². The van der Waals surface area contributed by atoms with Crippen molar-refractivity contribution in [1.29, 1.82) is 0 Å². The van der Waals surface area contributed by atoms with Crippen LogP contribution in [0, 0.1) is 0 Å². The van der Waals surface area contributed by atoms with Gasteiger partial charge < -0.3 is 19.7 Å². The van der Waals surface area contributed by atoms with Gasteiger partial charge in [-0.05, 0) is 36.4 Å². The molecule has 0 amide bonds. The topological polar surface area (TPSA) is 161 Å². The second-order valence-electron chi connectivity index (χ2n) is 5.48. The predicted octanol–water partition coefficient (Wildman–Crippen LogP) is 2.19. The highest BCUT2D eigenvalue weighted by atomic mass is 16.6. The number of aromatic carboxylic acids is 2. The van der Waals surface area contributed by atoms with Gasteiger partial charge in [0.05, 0.1) is 33.4 Å². The van der Waals surface area contributed by atoms with Crippen LogP contribution in [0.5, 0.6) is 0 Å². The maximum atomic E-state index is 11.0. The van der Waals surface area contributed by atoms with Gasteiger partial charge in [0.2, 0.25) is 0 Å². The molecule has 10 heteroatoms. The number of carbonyl (C=O) groups excluding carboxylic acids is 4. The maximum absolute atomic E-state index is 11.0. The molecule has 0 unspecified atom stereocenters. The van der Waals surface area contributed by atoms with Gasteiger partial charge in [0.15, 0.2) is 0 Å². The van der Waals surface area contributed by atoms with Crippen molar-refractivity contribution in [3.63, 3.8) is 0 Å². The van der Waals surface area contributed by atoms with E-state index >= 15 is 0 Å². The highest BCUT2D eigenvalue weighted by Crippen LogP contribution is 2.22. The predicted molar refractivity (Wildman–Crippen MR) is 97.5 cm³/mol. The molecule has 0 spiro atoms. The van der Waals surface area contributed by atoms with Crippen LogP contribution in [-0.2, 0) is 9.47 Å². The average molecular weight is 412 g/mol. The minimum atomic E-state index is -1.15. The molecule has 0 radical (unpaired) electrons. The minimum absolute atomic E-state index is 0.00917. The molecule has 0 saturated heterocycles. The Morgan fingerprint density at radius 3 is 1.20 bits per heavy atom. The minimum Gasteiger partial charge on any atom is -0.478 e. The molecule has 0 bridgehead atoms. The van der Waals surface area contributed by atoms with Gasteiger partial charge in [-0.3, -0.25) is 0 Å². The molecule has 2 aliphatic heterocycles. The van der Waals surface area contributed by atoms with Crippen LogP contribution < -0.4 is 0 Å². The van der Waals surface area contributed by atoms with Gasteiger partial charge in [-0.15, -0.1) is 13.2 Å². The van der Waals surface area contributed by atoms with Crippen LogP contribution in [0.4, 0.5) is 0 Å². The van der Waals surface area contributed by atoms with Crippen LogP contribution in [0.3, 0.4) is 0 Å². The van der Waals surface area contributed by atoms with Crippen molar-refractivity contribution in [2.24, 2.45) is 0 Å². The molecule has 2 aromatic rings. The Labute approximate surface area is 168 Å². The Balaban J connectivity index is 0.000000197. The lowest BCUT2D eigenvalue weighted by Gasteiger charge is -1.94. The summed E-state index contributed by atoms with van der Waals surface area (Å²) in [6.45, 7) is 6.00. The zero-order chi connectivity index (χ0) is 22.6. The lowest BCUT2D eigenvalue weighted by molar-refractivity contribution is 0.0425. The fourth-order valence-corrected chi connectivity index (χ4v) is 2.44. The Hall–Kier alpha value is -4.60. The molecule has 2 heterocycles. The molecule has 2 aliphatic rings. The van der Waals surface area contributed by atoms with E-state index in [1.54, 1.807) is 0 Å². The van der Waals surface area contributed by atoms with Gasteiger partial charge in [0, 0.05) is 0 Å². The van der Waals surface area contributed by atoms with E-state index in [1.165, 1.54) is 24.3 Å².